The van der Waals surface area contributed by atoms with Gasteiger partial charge in [0.1, 0.15) is 17.4 Å². The minimum atomic E-state index is -0.857. The molecule has 0 bridgehead atoms. The highest BCUT2D eigenvalue weighted by atomic mass is 35.5. The van der Waals surface area contributed by atoms with E-state index in [1.54, 1.807) is 41.3 Å². The van der Waals surface area contributed by atoms with E-state index in [-0.39, 0.29) is 24.0 Å². The number of halogens is 1. The van der Waals surface area contributed by atoms with Crippen molar-refractivity contribution in [1.82, 2.24) is 20.1 Å². The van der Waals surface area contributed by atoms with Crippen molar-refractivity contribution in [3.63, 3.8) is 0 Å². The Morgan fingerprint density at radius 3 is 2.41 bits per heavy atom. The van der Waals surface area contributed by atoms with Crippen LogP contribution >= 0.6 is 11.6 Å². The molecule has 0 spiro atoms. The van der Waals surface area contributed by atoms with E-state index in [2.05, 4.69) is 15.2 Å². The van der Waals surface area contributed by atoms with Gasteiger partial charge >= 0.3 is 0 Å². The van der Waals surface area contributed by atoms with Gasteiger partial charge in [-0.3, -0.25) is 9.59 Å². The van der Waals surface area contributed by atoms with Gasteiger partial charge in [0.05, 0.1) is 13.2 Å². The number of nitrogens with zero attached hydrogens (tertiary/aromatic N) is 3. The van der Waals surface area contributed by atoms with Crippen LogP contribution in [0.3, 0.4) is 0 Å². The predicted molar refractivity (Wildman–Crippen MR) is 142 cm³/mol. The Labute approximate surface area is 222 Å². The van der Waals surface area contributed by atoms with Crippen molar-refractivity contribution in [3.05, 3.63) is 88.6 Å². The summed E-state index contributed by atoms with van der Waals surface area (Å²) in [6.45, 7) is 4.93. The number of benzene rings is 2. The van der Waals surface area contributed by atoms with Crippen LogP contribution < -0.4 is 10.1 Å². The Morgan fingerprint density at radius 1 is 1.00 bits per heavy atom. The molecular weight excluding hydrogens is 492 g/mol. The van der Waals surface area contributed by atoms with Crippen LogP contribution in [-0.2, 0) is 16.1 Å². The third-order valence-electron chi connectivity index (χ3n) is 6.09. The van der Waals surface area contributed by atoms with Crippen LogP contribution in [0.15, 0.2) is 66.7 Å². The molecule has 4 rings (SSSR count). The van der Waals surface area contributed by atoms with Crippen molar-refractivity contribution >= 4 is 23.4 Å². The zero-order chi connectivity index (χ0) is 26.2. The lowest BCUT2D eigenvalue weighted by Gasteiger charge is -2.34. The van der Waals surface area contributed by atoms with E-state index in [1.807, 2.05) is 44.3 Å². The summed E-state index contributed by atoms with van der Waals surface area (Å²) in [7, 11) is 2.02. The van der Waals surface area contributed by atoms with Crippen molar-refractivity contribution in [2.45, 2.75) is 19.6 Å². The fraction of sp³-hybridized carbons (Fsp3) is 0.321. The average Bonchev–Trinajstić information content (AvgIpc) is 2.90. The molecule has 9 heteroatoms. The van der Waals surface area contributed by atoms with Crippen molar-refractivity contribution in [2.75, 3.05) is 39.8 Å². The molecule has 3 aromatic rings. The fourth-order valence-corrected chi connectivity index (χ4v) is 4.05. The predicted octanol–water partition coefficient (Wildman–Crippen LogP) is 3.92. The van der Waals surface area contributed by atoms with Gasteiger partial charge in [-0.25, -0.2) is 4.98 Å². The Bertz CT molecular complexity index is 1200. The monoisotopic (exact) mass is 522 g/mol. The van der Waals surface area contributed by atoms with Crippen LogP contribution in [0.4, 0.5) is 0 Å². The smallest absolute Gasteiger partial charge is 0.257 e. The summed E-state index contributed by atoms with van der Waals surface area (Å²) in [5.74, 6) is 0.00522. The van der Waals surface area contributed by atoms with Gasteiger partial charge in [0.25, 0.3) is 5.91 Å². The standard InChI is InChI=1S/C28H31ClN4O4/c1-20-8-13-24(27(30-20)37-23-11-9-22(29)10-12-23)26(34)31-25(19-36-18-21-6-4-3-5-7-21)28(35)33-16-14-32(2)15-17-33/h3-13,25H,14-19H2,1-2H3,(H,31,34). The highest BCUT2D eigenvalue weighted by Gasteiger charge is 2.29. The van der Waals surface area contributed by atoms with Crippen LogP contribution in [0.2, 0.25) is 5.02 Å². The molecule has 2 aromatic carbocycles. The van der Waals surface area contributed by atoms with Crippen LogP contribution in [0.5, 0.6) is 11.6 Å². The maximum absolute atomic E-state index is 13.4. The number of hydrogen-bond acceptors (Lipinski definition) is 6. The largest absolute Gasteiger partial charge is 0.438 e. The summed E-state index contributed by atoms with van der Waals surface area (Å²) in [6, 6.07) is 19.0. The van der Waals surface area contributed by atoms with Gasteiger partial charge in [-0.2, -0.15) is 0 Å². The fourth-order valence-electron chi connectivity index (χ4n) is 3.92. The molecule has 0 saturated carbocycles. The quantitative estimate of drug-likeness (QED) is 0.458. The molecule has 1 N–H and O–H groups in total. The number of likely N-dealkylation sites (N-methyl/N-ethyl adjacent to an activating group) is 1. The van der Waals surface area contributed by atoms with E-state index in [0.29, 0.717) is 36.2 Å². The van der Waals surface area contributed by atoms with E-state index in [9.17, 15) is 9.59 Å². The molecule has 1 atom stereocenters. The molecule has 37 heavy (non-hydrogen) atoms. The van der Waals surface area contributed by atoms with Crippen LogP contribution in [-0.4, -0.2) is 72.5 Å². The number of amides is 2. The number of nitrogens with one attached hydrogen (secondary N) is 1. The van der Waals surface area contributed by atoms with E-state index in [4.69, 9.17) is 21.1 Å². The third kappa shape index (κ3) is 7.52. The Morgan fingerprint density at radius 2 is 1.70 bits per heavy atom. The van der Waals surface area contributed by atoms with Gasteiger partial charge in [-0.1, -0.05) is 41.9 Å². The number of aromatic nitrogens is 1. The van der Waals surface area contributed by atoms with Crippen LogP contribution in [0.25, 0.3) is 0 Å². The van der Waals surface area contributed by atoms with Crippen molar-refractivity contribution < 1.29 is 19.1 Å². The summed E-state index contributed by atoms with van der Waals surface area (Å²) in [6.07, 6.45) is 0. The molecule has 2 heterocycles. The number of carbonyl (C=O) groups excluding carboxylic acids is 2. The maximum atomic E-state index is 13.4. The summed E-state index contributed by atoms with van der Waals surface area (Å²) < 4.78 is 11.8. The highest BCUT2D eigenvalue weighted by Crippen LogP contribution is 2.25. The number of ether oxygens (including phenoxy) is 2. The third-order valence-corrected chi connectivity index (χ3v) is 6.34. The number of carbonyl (C=O) groups is 2. The Hall–Kier alpha value is -3.46. The molecule has 2 amide bonds. The molecule has 0 radical (unpaired) electrons. The SMILES string of the molecule is Cc1ccc(C(=O)NC(COCc2ccccc2)C(=O)N2CCN(C)CC2)c(Oc2ccc(Cl)cc2)n1. The lowest BCUT2D eigenvalue weighted by atomic mass is 10.2. The second kappa shape index (κ2) is 12.7. The number of hydrogen-bond donors (Lipinski definition) is 1. The molecule has 1 aliphatic rings. The van der Waals surface area contributed by atoms with Crippen molar-refractivity contribution in [2.24, 2.45) is 0 Å². The van der Waals surface area contributed by atoms with E-state index >= 15 is 0 Å². The maximum Gasteiger partial charge on any atom is 0.257 e. The van der Waals surface area contributed by atoms with Crippen LogP contribution in [0.1, 0.15) is 21.6 Å². The van der Waals surface area contributed by atoms with E-state index in [1.165, 1.54) is 0 Å². The van der Waals surface area contributed by atoms with E-state index in [0.717, 1.165) is 18.7 Å². The number of piperazine rings is 1. The van der Waals surface area contributed by atoms with Crippen molar-refractivity contribution in [1.29, 1.82) is 0 Å². The van der Waals surface area contributed by atoms with E-state index < -0.39 is 11.9 Å². The summed E-state index contributed by atoms with van der Waals surface area (Å²) in [4.78, 5) is 35.2. The first-order valence-electron chi connectivity index (χ1n) is 12.2. The molecule has 1 aromatic heterocycles. The van der Waals surface area contributed by atoms with Gasteiger partial charge < -0.3 is 24.6 Å². The van der Waals surface area contributed by atoms with Gasteiger partial charge in [-0.05, 0) is 55.9 Å². The molecule has 1 unspecified atom stereocenters. The minimum absolute atomic E-state index is 0.0402. The molecular formula is C28H31ClN4O4. The normalized spacial score (nSPS) is 14.7. The number of pyridine rings is 1. The Balaban J connectivity index is 1.50. The number of rotatable bonds is 9. The molecule has 194 valence electrons. The zero-order valence-corrected chi connectivity index (χ0v) is 21.8. The Kier molecular flexibility index (Phi) is 9.11. The minimum Gasteiger partial charge on any atom is -0.438 e. The number of aryl methyl sites for hydroxylation is 1. The van der Waals surface area contributed by atoms with Gasteiger partial charge in [0, 0.05) is 36.9 Å². The van der Waals surface area contributed by atoms with Crippen molar-refractivity contribution in [3.8, 4) is 11.6 Å². The first-order valence-corrected chi connectivity index (χ1v) is 12.6. The van der Waals surface area contributed by atoms with Crippen LogP contribution in [0, 0.1) is 6.92 Å². The van der Waals surface area contributed by atoms with Gasteiger partial charge in [-0.15, -0.1) is 0 Å². The zero-order valence-electron chi connectivity index (χ0n) is 21.0. The second-order valence-electron chi connectivity index (χ2n) is 9.02. The molecule has 1 aliphatic heterocycles. The average molecular weight is 523 g/mol. The molecule has 8 nitrogen and oxygen atoms in total. The first kappa shape index (κ1) is 26.6. The summed E-state index contributed by atoms with van der Waals surface area (Å²) >= 11 is 5.98. The highest BCUT2D eigenvalue weighted by molar-refractivity contribution is 6.30. The van der Waals surface area contributed by atoms with Gasteiger partial charge in [0.15, 0.2) is 0 Å². The summed E-state index contributed by atoms with van der Waals surface area (Å²) in [5, 5.41) is 3.45. The lowest BCUT2D eigenvalue weighted by Crippen LogP contribution is -2.55. The molecule has 0 aliphatic carbocycles. The lowest BCUT2D eigenvalue weighted by molar-refractivity contribution is -0.136. The topological polar surface area (TPSA) is 84.0 Å². The summed E-state index contributed by atoms with van der Waals surface area (Å²) in [5.41, 5.74) is 1.90. The molecule has 1 saturated heterocycles. The second-order valence-corrected chi connectivity index (χ2v) is 9.45. The molecule has 1 fully saturated rings. The first-order chi connectivity index (χ1) is 17.9. The van der Waals surface area contributed by atoms with Gasteiger partial charge in [0.2, 0.25) is 11.8 Å².